The quantitative estimate of drug-likeness (QED) is 0.623. The van der Waals surface area contributed by atoms with Crippen molar-refractivity contribution < 1.29 is 4.79 Å². The molecular formula is C21H20ClN3O2S. The third kappa shape index (κ3) is 4.46. The molecule has 0 bridgehead atoms. The molecule has 1 N–H and O–H groups in total. The fourth-order valence-electron chi connectivity index (χ4n) is 2.80. The standard InChI is InChI=1S/C21H20ClN3O2S/c1-13-14(2)23-20(15-6-4-7-16(22)10-15)25(21(13)27)12-19(26)24-17-8-5-9-18(11-17)28-3/h4-11H,12H2,1-3H3,(H,24,26). The van der Waals surface area contributed by atoms with Crippen molar-refractivity contribution in [3.8, 4) is 11.4 Å². The van der Waals surface area contributed by atoms with E-state index in [1.807, 2.05) is 36.6 Å². The Balaban J connectivity index is 1.97. The zero-order chi connectivity index (χ0) is 20.3. The first kappa shape index (κ1) is 20.2. The minimum absolute atomic E-state index is 0.141. The van der Waals surface area contributed by atoms with E-state index < -0.39 is 0 Å². The molecule has 1 amide bonds. The molecule has 28 heavy (non-hydrogen) atoms. The van der Waals surface area contributed by atoms with Gasteiger partial charge in [0.2, 0.25) is 5.91 Å². The molecule has 144 valence electrons. The molecule has 7 heteroatoms. The fourth-order valence-corrected chi connectivity index (χ4v) is 3.45. The molecule has 0 aliphatic carbocycles. The summed E-state index contributed by atoms with van der Waals surface area (Å²) in [6.07, 6.45) is 1.97. The van der Waals surface area contributed by atoms with Gasteiger partial charge < -0.3 is 5.32 Å². The largest absolute Gasteiger partial charge is 0.324 e. The predicted octanol–water partition coefficient (Wildman–Crippen LogP) is 4.54. The maximum absolute atomic E-state index is 12.9. The number of aromatic nitrogens is 2. The van der Waals surface area contributed by atoms with E-state index in [-0.39, 0.29) is 18.0 Å². The van der Waals surface area contributed by atoms with Gasteiger partial charge in [-0.3, -0.25) is 14.2 Å². The van der Waals surface area contributed by atoms with Crippen LogP contribution in [0.25, 0.3) is 11.4 Å². The Bertz CT molecular complexity index is 1100. The molecule has 1 aromatic heterocycles. The van der Waals surface area contributed by atoms with Gasteiger partial charge in [0.25, 0.3) is 5.56 Å². The van der Waals surface area contributed by atoms with Crippen molar-refractivity contribution in [1.29, 1.82) is 0 Å². The summed E-state index contributed by atoms with van der Waals surface area (Å²) in [7, 11) is 0. The second kappa shape index (κ2) is 8.63. The summed E-state index contributed by atoms with van der Waals surface area (Å²) in [5.41, 5.74) is 2.28. The SMILES string of the molecule is CSc1cccc(NC(=O)Cn2c(-c3cccc(Cl)c3)nc(C)c(C)c2=O)c1. The predicted molar refractivity (Wildman–Crippen MR) is 115 cm³/mol. The molecule has 0 aliphatic rings. The number of anilines is 1. The third-order valence-corrected chi connectivity index (χ3v) is 5.34. The Morgan fingerprint density at radius 1 is 1.18 bits per heavy atom. The summed E-state index contributed by atoms with van der Waals surface area (Å²) in [6.45, 7) is 3.35. The zero-order valence-corrected chi connectivity index (χ0v) is 17.4. The average molecular weight is 414 g/mol. The van der Waals surface area contributed by atoms with Crippen LogP contribution in [0, 0.1) is 13.8 Å². The normalized spacial score (nSPS) is 10.7. The topological polar surface area (TPSA) is 64.0 Å². The minimum atomic E-state index is -0.298. The van der Waals surface area contributed by atoms with Crippen molar-refractivity contribution in [1.82, 2.24) is 9.55 Å². The van der Waals surface area contributed by atoms with Crippen molar-refractivity contribution in [2.24, 2.45) is 0 Å². The maximum atomic E-state index is 12.9. The highest BCUT2D eigenvalue weighted by Crippen LogP contribution is 2.22. The van der Waals surface area contributed by atoms with Crippen LogP contribution >= 0.6 is 23.4 Å². The fraction of sp³-hybridized carbons (Fsp3) is 0.190. The van der Waals surface area contributed by atoms with Gasteiger partial charge >= 0.3 is 0 Å². The highest BCUT2D eigenvalue weighted by atomic mass is 35.5. The average Bonchev–Trinajstić information content (AvgIpc) is 2.68. The number of rotatable bonds is 5. The lowest BCUT2D eigenvalue weighted by atomic mass is 10.1. The van der Waals surface area contributed by atoms with Crippen LogP contribution in [0.1, 0.15) is 11.3 Å². The summed E-state index contributed by atoms with van der Waals surface area (Å²) in [4.78, 5) is 31.1. The summed E-state index contributed by atoms with van der Waals surface area (Å²) < 4.78 is 1.39. The Labute approximate surface area is 172 Å². The Hall–Kier alpha value is -2.57. The summed E-state index contributed by atoms with van der Waals surface area (Å²) >= 11 is 7.70. The number of benzene rings is 2. The molecule has 2 aromatic carbocycles. The van der Waals surface area contributed by atoms with Crippen molar-refractivity contribution in [2.45, 2.75) is 25.3 Å². The molecule has 3 aromatic rings. The van der Waals surface area contributed by atoms with Crippen molar-refractivity contribution in [3.05, 3.63) is 75.2 Å². The first-order chi connectivity index (χ1) is 13.4. The second-order valence-electron chi connectivity index (χ2n) is 6.33. The molecule has 3 rings (SSSR count). The van der Waals surface area contributed by atoms with Crippen LogP contribution in [0.3, 0.4) is 0 Å². The molecule has 0 aliphatic heterocycles. The van der Waals surface area contributed by atoms with Crippen LogP contribution in [0.5, 0.6) is 0 Å². The maximum Gasteiger partial charge on any atom is 0.257 e. The number of hydrogen-bond acceptors (Lipinski definition) is 4. The van der Waals surface area contributed by atoms with E-state index >= 15 is 0 Å². The van der Waals surface area contributed by atoms with Crippen LogP contribution in [-0.2, 0) is 11.3 Å². The number of hydrogen-bond donors (Lipinski definition) is 1. The lowest BCUT2D eigenvalue weighted by Crippen LogP contribution is -2.31. The smallest absolute Gasteiger partial charge is 0.257 e. The second-order valence-corrected chi connectivity index (χ2v) is 7.64. The first-order valence-corrected chi connectivity index (χ1v) is 10.3. The van der Waals surface area contributed by atoms with Crippen molar-refractivity contribution in [3.63, 3.8) is 0 Å². The Morgan fingerprint density at radius 3 is 2.64 bits per heavy atom. The summed E-state index contributed by atoms with van der Waals surface area (Å²) in [6, 6.07) is 14.6. The summed E-state index contributed by atoms with van der Waals surface area (Å²) in [5.74, 6) is 0.122. The number of amides is 1. The molecule has 0 saturated heterocycles. The van der Waals surface area contributed by atoms with E-state index in [0.717, 1.165) is 4.90 Å². The van der Waals surface area contributed by atoms with Crippen LogP contribution < -0.4 is 10.9 Å². The van der Waals surface area contributed by atoms with Gasteiger partial charge in [-0.25, -0.2) is 4.98 Å². The van der Waals surface area contributed by atoms with Gasteiger partial charge in [-0.2, -0.15) is 0 Å². The zero-order valence-electron chi connectivity index (χ0n) is 15.8. The highest BCUT2D eigenvalue weighted by Gasteiger charge is 2.16. The van der Waals surface area contributed by atoms with E-state index in [0.29, 0.717) is 33.4 Å². The van der Waals surface area contributed by atoms with Gasteiger partial charge in [0.05, 0.1) is 0 Å². The number of nitrogens with zero attached hydrogens (tertiary/aromatic N) is 2. The van der Waals surface area contributed by atoms with Crippen molar-refractivity contribution in [2.75, 3.05) is 11.6 Å². The molecule has 0 fully saturated rings. The van der Waals surface area contributed by atoms with Gasteiger partial charge in [0, 0.05) is 32.4 Å². The van der Waals surface area contributed by atoms with Gasteiger partial charge in [-0.1, -0.05) is 29.8 Å². The van der Waals surface area contributed by atoms with Crippen LogP contribution in [0.2, 0.25) is 5.02 Å². The van der Waals surface area contributed by atoms with E-state index in [9.17, 15) is 9.59 Å². The lowest BCUT2D eigenvalue weighted by Gasteiger charge is -2.15. The van der Waals surface area contributed by atoms with E-state index in [4.69, 9.17) is 11.6 Å². The monoisotopic (exact) mass is 413 g/mol. The van der Waals surface area contributed by atoms with Crippen LogP contribution in [-0.4, -0.2) is 21.7 Å². The van der Waals surface area contributed by atoms with Crippen molar-refractivity contribution >= 4 is 35.0 Å². The molecular weight excluding hydrogens is 394 g/mol. The number of carbonyl (C=O) groups excluding carboxylic acids is 1. The van der Waals surface area contributed by atoms with E-state index in [1.165, 1.54) is 4.57 Å². The molecule has 0 spiro atoms. The van der Waals surface area contributed by atoms with E-state index in [2.05, 4.69) is 10.3 Å². The van der Waals surface area contributed by atoms with Gasteiger partial charge in [0.15, 0.2) is 0 Å². The molecule has 0 saturated carbocycles. The minimum Gasteiger partial charge on any atom is -0.324 e. The molecule has 0 unspecified atom stereocenters. The highest BCUT2D eigenvalue weighted by molar-refractivity contribution is 7.98. The molecule has 5 nitrogen and oxygen atoms in total. The van der Waals surface area contributed by atoms with Crippen LogP contribution in [0.4, 0.5) is 5.69 Å². The summed E-state index contributed by atoms with van der Waals surface area (Å²) in [5, 5.41) is 3.39. The number of halogens is 1. The van der Waals surface area contributed by atoms with Crippen LogP contribution in [0.15, 0.2) is 58.2 Å². The molecule has 0 atom stereocenters. The number of aryl methyl sites for hydroxylation is 1. The third-order valence-electron chi connectivity index (χ3n) is 4.38. The molecule has 1 heterocycles. The van der Waals surface area contributed by atoms with Gasteiger partial charge in [-0.15, -0.1) is 11.8 Å². The number of thioether (sulfide) groups is 1. The lowest BCUT2D eigenvalue weighted by molar-refractivity contribution is -0.116. The van der Waals surface area contributed by atoms with Gasteiger partial charge in [-0.05, 0) is 50.4 Å². The van der Waals surface area contributed by atoms with E-state index in [1.54, 1.807) is 43.8 Å². The van der Waals surface area contributed by atoms with Gasteiger partial charge in [0.1, 0.15) is 12.4 Å². The first-order valence-electron chi connectivity index (χ1n) is 8.67. The number of carbonyl (C=O) groups is 1. The Morgan fingerprint density at radius 2 is 1.93 bits per heavy atom. The molecule has 0 radical (unpaired) electrons. The number of nitrogens with one attached hydrogen (secondary N) is 1. The Kier molecular flexibility index (Phi) is 6.21.